The van der Waals surface area contributed by atoms with Crippen molar-refractivity contribution >= 4 is 0 Å². The van der Waals surface area contributed by atoms with E-state index in [0.717, 1.165) is 12.5 Å². The van der Waals surface area contributed by atoms with Crippen molar-refractivity contribution in [1.29, 1.82) is 0 Å². The predicted molar refractivity (Wildman–Crippen MR) is 67.2 cm³/mol. The molecule has 0 saturated carbocycles. The molecule has 2 heteroatoms. The molecule has 15 heavy (non-hydrogen) atoms. The molecule has 2 unspecified atom stereocenters. The number of rotatable bonds is 5. The number of piperidine rings is 1. The second kappa shape index (κ2) is 6.49. The van der Waals surface area contributed by atoms with Crippen LogP contribution in [0.3, 0.4) is 0 Å². The normalized spacial score (nSPS) is 25.8. The van der Waals surface area contributed by atoms with Gasteiger partial charge in [-0.1, -0.05) is 27.2 Å². The molecule has 0 aromatic rings. The molecule has 0 aromatic heterocycles. The van der Waals surface area contributed by atoms with E-state index in [0.29, 0.717) is 12.1 Å². The Kier molecular flexibility index (Phi) is 5.62. The summed E-state index contributed by atoms with van der Waals surface area (Å²) in [6, 6.07) is 1.31. The maximum Gasteiger partial charge on any atom is 0.0192 e. The molecule has 1 aliphatic heterocycles. The lowest BCUT2D eigenvalue weighted by atomic mass is 9.94. The Morgan fingerprint density at radius 3 is 2.67 bits per heavy atom. The molecule has 0 amide bonds. The van der Waals surface area contributed by atoms with E-state index in [2.05, 4.69) is 37.9 Å². The van der Waals surface area contributed by atoms with Crippen molar-refractivity contribution in [2.75, 3.05) is 19.6 Å². The molecule has 1 rings (SSSR count). The summed E-state index contributed by atoms with van der Waals surface area (Å²) in [6.45, 7) is 12.9. The van der Waals surface area contributed by atoms with Gasteiger partial charge in [-0.25, -0.2) is 0 Å². The van der Waals surface area contributed by atoms with Crippen molar-refractivity contribution in [1.82, 2.24) is 10.2 Å². The van der Waals surface area contributed by atoms with Crippen LogP contribution in [0.5, 0.6) is 0 Å². The minimum Gasteiger partial charge on any atom is -0.313 e. The van der Waals surface area contributed by atoms with Crippen LogP contribution < -0.4 is 5.32 Å². The van der Waals surface area contributed by atoms with Crippen LogP contribution in [0.15, 0.2) is 0 Å². The minimum absolute atomic E-state index is 0.610. The van der Waals surface area contributed by atoms with E-state index >= 15 is 0 Å². The van der Waals surface area contributed by atoms with Crippen molar-refractivity contribution < 1.29 is 0 Å². The second-order valence-corrected chi connectivity index (χ2v) is 5.32. The summed E-state index contributed by atoms with van der Waals surface area (Å²) >= 11 is 0. The fraction of sp³-hybridized carbons (Fsp3) is 1.00. The Balaban J connectivity index is 2.28. The van der Waals surface area contributed by atoms with E-state index in [9.17, 15) is 0 Å². The third-order valence-electron chi connectivity index (χ3n) is 3.57. The first-order chi connectivity index (χ1) is 7.13. The van der Waals surface area contributed by atoms with Gasteiger partial charge in [0.05, 0.1) is 0 Å². The molecule has 2 atom stereocenters. The molecule has 0 aliphatic carbocycles. The van der Waals surface area contributed by atoms with Gasteiger partial charge in [0.25, 0.3) is 0 Å². The summed E-state index contributed by atoms with van der Waals surface area (Å²) in [5.41, 5.74) is 0. The number of likely N-dealkylation sites (tertiary alicyclic amines) is 1. The van der Waals surface area contributed by atoms with Gasteiger partial charge in [-0.15, -0.1) is 0 Å². The molecule has 1 saturated heterocycles. The van der Waals surface area contributed by atoms with E-state index < -0.39 is 0 Å². The van der Waals surface area contributed by atoms with Crippen LogP contribution in [0.25, 0.3) is 0 Å². The van der Waals surface area contributed by atoms with Crippen LogP contribution in [0, 0.1) is 5.92 Å². The molecule has 90 valence electrons. The van der Waals surface area contributed by atoms with Crippen molar-refractivity contribution in [3.05, 3.63) is 0 Å². The fourth-order valence-corrected chi connectivity index (χ4v) is 2.37. The summed E-state index contributed by atoms with van der Waals surface area (Å²) in [7, 11) is 0. The Labute approximate surface area is 95.4 Å². The molecule has 2 nitrogen and oxygen atoms in total. The lowest BCUT2D eigenvalue weighted by Crippen LogP contribution is -2.46. The van der Waals surface area contributed by atoms with Gasteiger partial charge in [-0.05, 0) is 32.2 Å². The number of hydrogen-bond acceptors (Lipinski definition) is 2. The highest BCUT2D eigenvalue weighted by atomic mass is 15.2. The summed E-state index contributed by atoms with van der Waals surface area (Å²) in [5, 5.41) is 3.53. The molecule has 0 bridgehead atoms. The third kappa shape index (κ3) is 4.52. The van der Waals surface area contributed by atoms with Crippen LogP contribution in [0.1, 0.15) is 47.0 Å². The van der Waals surface area contributed by atoms with Crippen LogP contribution in [0.2, 0.25) is 0 Å². The van der Waals surface area contributed by atoms with Gasteiger partial charge >= 0.3 is 0 Å². The fourth-order valence-electron chi connectivity index (χ4n) is 2.37. The SMILES string of the molecule is CCC1CCCN(C(C)CNC(C)C)C1. The van der Waals surface area contributed by atoms with Crippen molar-refractivity contribution in [3.63, 3.8) is 0 Å². The molecule has 1 heterocycles. The number of nitrogens with one attached hydrogen (secondary N) is 1. The monoisotopic (exact) mass is 212 g/mol. The first-order valence-corrected chi connectivity index (χ1v) is 6.61. The highest BCUT2D eigenvalue weighted by molar-refractivity contribution is 4.77. The van der Waals surface area contributed by atoms with Crippen molar-refractivity contribution in [2.24, 2.45) is 5.92 Å². The Morgan fingerprint density at radius 2 is 2.07 bits per heavy atom. The van der Waals surface area contributed by atoms with Crippen molar-refractivity contribution in [2.45, 2.75) is 59.0 Å². The van der Waals surface area contributed by atoms with Crippen LogP contribution in [-0.2, 0) is 0 Å². The van der Waals surface area contributed by atoms with E-state index in [1.165, 1.54) is 32.4 Å². The first-order valence-electron chi connectivity index (χ1n) is 6.61. The molecule has 1 fully saturated rings. The van der Waals surface area contributed by atoms with Gasteiger partial charge in [-0.2, -0.15) is 0 Å². The zero-order valence-corrected chi connectivity index (χ0v) is 10.9. The van der Waals surface area contributed by atoms with Gasteiger partial charge in [0, 0.05) is 25.2 Å². The van der Waals surface area contributed by atoms with Gasteiger partial charge in [0.15, 0.2) is 0 Å². The molecule has 0 spiro atoms. The first kappa shape index (κ1) is 13.0. The highest BCUT2D eigenvalue weighted by Gasteiger charge is 2.22. The second-order valence-electron chi connectivity index (χ2n) is 5.32. The molecular weight excluding hydrogens is 184 g/mol. The topological polar surface area (TPSA) is 15.3 Å². The third-order valence-corrected chi connectivity index (χ3v) is 3.57. The van der Waals surface area contributed by atoms with E-state index in [1.54, 1.807) is 0 Å². The van der Waals surface area contributed by atoms with Gasteiger partial charge in [0.1, 0.15) is 0 Å². The van der Waals surface area contributed by atoms with Gasteiger partial charge < -0.3 is 5.32 Å². The quantitative estimate of drug-likeness (QED) is 0.753. The smallest absolute Gasteiger partial charge is 0.0192 e. The standard InChI is InChI=1S/C13H28N2/c1-5-13-7-6-8-15(10-13)12(4)9-14-11(2)3/h11-14H,5-10H2,1-4H3. The summed E-state index contributed by atoms with van der Waals surface area (Å²) < 4.78 is 0. The molecule has 0 radical (unpaired) electrons. The van der Waals surface area contributed by atoms with Crippen LogP contribution in [-0.4, -0.2) is 36.6 Å². The number of nitrogens with zero attached hydrogens (tertiary/aromatic N) is 1. The van der Waals surface area contributed by atoms with E-state index in [4.69, 9.17) is 0 Å². The van der Waals surface area contributed by atoms with E-state index in [1.807, 2.05) is 0 Å². The van der Waals surface area contributed by atoms with Crippen molar-refractivity contribution in [3.8, 4) is 0 Å². The summed E-state index contributed by atoms with van der Waals surface area (Å²) in [4.78, 5) is 2.66. The Morgan fingerprint density at radius 1 is 1.33 bits per heavy atom. The van der Waals surface area contributed by atoms with Crippen LogP contribution in [0.4, 0.5) is 0 Å². The van der Waals surface area contributed by atoms with Gasteiger partial charge in [-0.3, -0.25) is 4.90 Å². The van der Waals surface area contributed by atoms with Gasteiger partial charge in [0.2, 0.25) is 0 Å². The maximum absolute atomic E-state index is 3.53. The molecular formula is C13H28N2. The summed E-state index contributed by atoms with van der Waals surface area (Å²) in [6.07, 6.45) is 4.18. The average Bonchev–Trinajstić information content (AvgIpc) is 2.26. The Hall–Kier alpha value is -0.0800. The zero-order chi connectivity index (χ0) is 11.3. The lowest BCUT2D eigenvalue weighted by molar-refractivity contribution is 0.126. The zero-order valence-electron chi connectivity index (χ0n) is 10.9. The highest BCUT2D eigenvalue weighted by Crippen LogP contribution is 2.20. The predicted octanol–water partition coefficient (Wildman–Crippen LogP) is 2.49. The minimum atomic E-state index is 0.610. The maximum atomic E-state index is 3.53. The largest absolute Gasteiger partial charge is 0.313 e. The van der Waals surface area contributed by atoms with Crippen LogP contribution >= 0.6 is 0 Å². The lowest BCUT2D eigenvalue weighted by Gasteiger charge is -2.37. The molecule has 1 aliphatic rings. The number of hydrogen-bond donors (Lipinski definition) is 1. The van der Waals surface area contributed by atoms with E-state index in [-0.39, 0.29) is 0 Å². The molecule has 1 N–H and O–H groups in total. The summed E-state index contributed by atoms with van der Waals surface area (Å²) in [5.74, 6) is 0.945. The molecule has 0 aromatic carbocycles. The average molecular weight is 212 g/mol. The Bertz CT molecular complexity index is 168.